The molecule has 0 aliphatic carbocycles. The largest absolute Gasteiger partial charge is 0.355 e. The van der Waals surface area contributed by atoms with E-state index in [9.17, 15) is 18.0 Å². The molecule has 41 heavy (non-hydrogen) atoms. The summed E-state index contributed by atoms with van der Waals surface area (Å²) < 4.78 is 26.8. The number of anilines is 1. The molecule has 1 atom stereocenters. The summed E-state index contributed by atoms with van der Waals surface area (Å²) >= 11 is 13.0. The molecule has 2 amide bonds. The van der Waals surface area contributed by atoms with Crippen LogP contribution in [0.4, 0.5) is 5.69 Å². The first-order chi connectivity index (χ1) is 19.4. The number of hydrogen-bond acceptors (Lipinski definition) is 4. The van der Waals surface area contributed by atoms with E-state index in [0.717, 1.165) is 22.9 Å². The number of likely N-dealkylation sites (N-methyl/N-ethyl adjacent to an activating group) is 1. The minimum absolute atomic E-state index is 0.0175. The van der Waals surface area contributed by atoms with Crippen molar-refractivity contribution in [2.75, 3.05) is 23.7 Å². The Hall–Kier alpha value is -3.07. The molecule has 0 saturated carbocycles. The van der Waals surface area contributed by atoms with Gasteiger partial charge in [0.15, 0.2) is 0 Å². The molecule has 0 aromatic heterocycles. The van der Waals surface area contributed by atoms with E-state index in [2.05, 4.69) is 5.32 Å². The Morgan fingerprint density at radius 1 is 0.927 bits per heavy atom. The van der Waals surface area contributed by atoms with Crippen LogP contribution in [0.25, 0.3) is 0 Å². The number of amides is 2. The average Bonchev–Trinajstić information content (AvgIpc) is 2.92. The lowest BCUT2D eigenvalue weighted by Crippen LogP contribution is -2.50. The summed E-state index contributed by atoms with van der Waals surface area (Å²) in [6.45, 7) is 6.16. The van der Waals surface area contributed by atoms with Crippen LogP contribution in [0.5, 0.6) is 0 Å². The van der Waals surface area contributed by atoms with Crippen LogP contribution in [0.2, 0.25) is 10.0 Å². The first-order valence-corrected chi connectivity index (χ1v) is 16.1. The molecule has 220 valence electrons. The average molecular weight is 619 g/mol. The number of carbonyl (C=O) groups is 2. The topological polar surface area (TPSA) is 86.8 Å². The van der Waals surface area contributed by atoms with Crippen LogP contribution in [-0.4, -0.2) is 50.5 Å². The van der Waals surface area contributed by atoms with Crippen LogP contribution in [0.1, 0.15) is 42.0 Å². The van der Waals surface area contributed by atoms with Crippen LogP contribution in [0.15, 0.2) is 66.7 Å². The highest BCUT2D eigenvalue weighted by molar-refractivity contribution is 7.92. The zero-order valence-corrected chi connectivity index (χ0v) is 26.2. The van der Waals surface area contributed by atoms with E-state index >= 15 is 0 Å². The smallest absolute Gasteiger partial charge is 0.243 e. The Kier molecular flexibility index (Phi) is 11.6. The summed E-state index contributed by atoms with van der Waals surface area (Å²) in [5, 5.41) is 3.64. The predicted molar refractivity (Wildman–Crippen MR) is 167 cm³/mol. The van der Waals surface area contributed by atoms with Crippen LogP contribution in [0, 0.1) is 13.8 Å². The van der Waals surface area contributed by atoms with E-state index in [1.165, 1.54) is 9.21 Å². The Morgan fingerprint density at radius 2 is 1.56 bits per heavy atom. The lowest BCUT2D eigenvalue weighted by atomic mass is 10.0. The fraction of sp³-hybridized carbons (Fsp3) is 0.355. The maximum atomic E-state index is 13.9. The molecule has 0 heterocycles. The molecule has 0 unspecified atom stereocenters. The monoisotopic (exact) mass is 617 g/mol. The second-order valence-corrected chi connectivity index (χ2v) is 12.7. The maximum absolute atomic E-state index is 13.9. The van der Waals surface area contributed by atoms with Crippen LogP contribution in [0.3, 0.4) is 0 Å². The fourth-order valence-corrected chi connectivity index (χ4v) is 6.22. The van der Waals surface area contributed by atoms with Gasteiger partial charge >= 0.3 is 0 Å². The SMILES string of the molecule is CCNC(=O)[C@H](Cc1ccccc1)N(Cc1c(Cl)cccc1Cl)C(=O)CCCN(c1cccc(C)c1C)S(C)(=O)=O. The molecule has 0 aliphatic heterocycles. The third-order valence-corrected chi connectivity index (χ3v) is 8.90. The van der Waals surface area contributed by atoms with E-state index in [1.807, 2.05) is 63.2 Å². The second kappa shape index (κ2) is 14.7. The van der Waals surface area contributed by atoms with Gasteiger partial charge in [-0.2, -0.15) is 0 Å². The van der Waals surface area contributed by atoms with Gasteiger partial charge in [0, 0.05) is 48.1 Å². The van der Waals surface area contributed by atoms with Crippen molar-refractivity contribution in [1.82, 2.24) is 10.2 Å². The lowest BCUT2D eigenvalue weighted by Gasteiger charge is -2.32. The van der Waals surface area contributed by atoms with Crippen LogP contribution in [-0.2, 0) is 32.6 Å². The van der Waals surface area contributed by atoms with Crippen molar-refractivity contribution < 1.29 is 18.0 Å². The molecular formula is C31H37Cl2N3O4S. The van der Waals surface area contributed by atoms with Crippen molar-refractivity contribution in [2.45, 2.75) is 52.6 Å². The van der Waals surface area contributed by atoms with Crippen LogP contribution < -0.4 is 9.62 Å². The van der Waals surface area contributed by atoms with Gasteiger partial charge in [-0.15, -0.1) is 0 Å². The number of nitrogens with one attached hydrogen (secondary N) is 1. The van der Waals surface area contributed by atoms with Crippen LogP contribution >= 0.6 is 23.2 Å². The van der Waals surface area contributed by atoms with Gasteiger partial charge in [-0.05, 0) is 62.1 Å². The molecule has 0 radical (unpaired) electrons. The minimum atomic E-state index is -3.60. The molecule has 3 aromatic rings. The van der Waals surface area contributed by atoms with Crippen molar-refractivity contribution in [1.29, 1.82) is 0 Å². The number of nitrogens with zero attached hydrogens (tertiary/aromatic N) is 2. The fourth-order valence-electron chi connectivity index (χ4n) is 4.69. The normalized spacial score (nSPS) is 12.0. The molecule has 0 saturated heterocycles. The number of aryl methyl sites for hydroxylation is 1. The number of benzene rings is 3. The number of halogens is 2. The summed E-state index contributed by atoms with van der Waals surface area (Å²) in [4.78, 5) is 28.8. The zero-order chi connectivity index (χ0) is 30.2. The third-order valence-electron chi connectivity index (χ3n) is 7.01. The van der Waals surface area contributed by atoms with Crippen molar-refractivity contribution in [3.63, 3.8) is 0 Å². The molecule has 0 spiro atoms. The second-order valence-electron chi connectivity index (χ2n) is 9.98. The highest BCUT2D eigenvalue weighted by Gasteiger charge is 2.31. The standard InChI is InChI=1S/C31H37Cl2N3O4S/c1-5-34-31(38)29(20-24-13-7-6-8-14-24)35(21-25-26(32)15-10-16-27(25)33)30(37)18-11-19-36(41(4,39)40)28-17-9-12-22(2)23(28)3/h6-10,12-17,29H,5,11,18-21H2,1-4H3,(H,34,38)/t29-/m0/s1. The number of hydrogen-bond donors (Lipinski definition) is 1. The molecule has 1 N–H and O–H groups in total. The first-order valence-electron chi connectivity index (χ1n) is 13.5. The summed E-state index contributed by atoms with van der Waals surface area (Å²) in [6, 6.07) is 19.3. The van der Waals surface area contributed by atoms with Gasteiger partial charge in [0.05, 0.1) is 11.9 Å². The summed E-state index contributed by atoms with van der Waals surface area (Å²) in [5.74, 6) is -0.594. The number of rotatable bonds is 13. The van der Waals surface area contributed by atoms with Gasteiger partial charge < -0.3 is 10.2 Å². The predicted octanol–water partition coefficient (Wildman–Crippen LogP) is 5.93. The molecule has 0 fully saturated rings. The van der Waals surface area contributed by atoms with E-state index in [-0.39, 0.29) is 37.7 Å². The zero-order valence-electron chi connectivity index (χ0n) is 23.9. The Morgan fingerprint density at radius 3 is 2.17 bits per heavy atom. The van der Waals surface area contributed by atoms with E-state index in [1.54, 1.807) is 24.3 Å². The van der Waals surface area contributed by atoms with Crippen molar-refractivity contribution in [3.05, 3.63) is 99.0 Å². The Bertz CT molecular complexity index is 1450. The number of sulfonamides is 1. The highest BCUT2D eigenvalue weighted by Crippen LogP contribution is 2.28. The summed E-state index contributed by atoms with van der Waals surface area (Å²) in [7, 11) is -3.60. The minimum Gasteiger partial charge on any atom is -0.355 e. The molecule has 3 rings (SSSR count). The van der Waals surface area contributed by atoms with Crippen molar-refractivity contribution in [3.8, 4) is 0 Å². The summed E-state index contributed by atoms with van der Waals surface area (Å²) in [6.07, 6.45) is 1.72. The molecular weight excluding hydrogens is 581 g/mol. The van der Waals surface area contributed by atoms with Crippen molar-refractivity contribution >= 4 is 50.7 Å². The van der Waals surface area contributed by atoms with E-state index in [0.29, 0.717) is 34.3 Å². The van der Waals surface area contributed by atoms with Gasteiger partial charge in [0.2, 0.25) is 21.8 Å². The molecule has 0 aliphatic rings. The highest BCUT2D eigenvalue weighted by atomic mass is 35.5. The molecule has 7 nitrogen and oxygen atoms in total. The quantitative estimate of drug-likeness (QED) is 0.257. The maximum Gasteiger partial charge on any atom is 0.243 e. The van der Waals surface area contributed by atoms with Gasteiger partial charge in [-0.25, -0.2) is 8.42 Å². The molecule has 0 bridgehead atoms. The van der Waals surface area contributed by atoms with Gasteiger partial charge in [0.25, 0.3) is 0 Å². The molecule has 10 heteroatoms. The Labute approximate surface area is 253 Å². The first kappa shape index (κ1) is 32.4. The van der Waals surface area contributed by atoms with Gasteiger partial charge in [-0.3, -0.25) is 13.9 Å². The van der Waals surface area contributed by atoms with E-state index in [4.69, 9.17) is 23.2 Å². The molecule has 3 aromatic carbocycles. The number of carbonyl (C=O) groups excluding carboxylic acids is 2. The Balaban J connectivity index is 1.92. The third kappa shape index (κ3) is 8.71. The summed E-state index contributed by atoms with van der Waals surface area (Å²) in [5.41, 5.74) is 3.85. The lowest BCUT2D eigenvalue weighted by molar-refractivity contribution is -0.141. The van der Waals surface area contributed by atoms with Gasteiger partial charge in [0.1, 0.15) is 6.04 Å². The van der Waals surface area contributed by atoms with E-state index < -0.39 is 16.1 Å². The van der Waals surface area contributed by atoms with Crippen molar-refractivity contribution in [2.24, 2.45) is 0 Å². The van der Waals surface area contributed by atoms with Gasteiger partial charge in [-0.1, -0.05) is 71.7 Å².